The van der Waals surface area contributed by atoms with Crippen molar-refractivity contribution in [3.8, 4) is 17.1 Å². The fourth-order valence-corrected chi connectivity index (χ4v) is 3.42. The molecule has 3 rings (SSSR count). The smallest absolute Gasteiger partial charge is 0.410 e. The fraction of sp³-hybridized carbons (Fsp3) is 0.455. The summed E-state index contributed by atoms with van der Waals surface area (Å²) in [5.74, 6) is 0.249. The van der Waals surface area contributed by atoms with Gasteiger partial charge in [-0.3, -0.25) is 4.79 Å². The lowest BCUT2D eigenvalue weighted by molar-refractivity contribution is 0.0235. The van der Waals surface area contributed by atoms with E-state index in [1.54, 1.807) is 23.1 Å². The second-order valence-electron chi connectivity index (χ2n) is 8.41. The summed E-state index contributed by atoms with van der Waals surface area (Å²) in [5, 5.41) is 2.86. The van der Waals surface area contributed by atoms with E-state index in [2.05, 4.69) is 15.1 Å². The van der Waals surface area contributed by atoms with Crippen LogP contribution in [0.15, 0.2) is 28.8 Å². The molecule has 9 nitrogen and oxygen atoms in total. The van der Waals surface area contributed by atoms with Crippen molar-refractivity contribution in [2.75, 3.05) is 13.7 Å². The van der Waals surface area contributed by atoms with Crippen molar-refractivity contribution in [1.29, 1.82) is 0 Å². The number of hydrogen-bond donors (Lipinski definition) is 1. The van der Waals surface area contributed by atoms with Gasteiger partial charge in [0.25, 0.3) is 5.89 Å². The van der Waals surface area contributed by atoms with Crippen molar-refractivity contribution in [3.63, 3.8) is 0 Å². The Morgan fingerprint density at radius 2 is 2.10 bits per heavy atom. The molecule has 9 heteroatoms. The number of rotatable bonds is 4. The number of amides is 2. The molecule has 1 N–H and O–H groups in total. The molecule has 1 aromatic heterocycles. The molecule has 2 aromatic rings. The summed E-state index contributed by atoms with van der Waals surface area (Å²) in [6.45, 7) is 14.9. The zero-order valence-corrected chi connectivity index (χ0v) is 18.3. The molecule has 164 valence electrons. The van der Waals surface area contributed by atoms with E-state index in [1.807, 2.05) is 27.7 Å². The van der Waals surface area contributed by atoms with E-state index in [4.69, 9.17) is 20.5 Å². The van der Waals surface area contributed by atoms with E-state index in [0.717, 1.165) is 0 Å². The third-order valence-electron chi connectivity index (χ3n) is 4.82. The number of nitrogens with zero attached hydrogens (tertiary/aromatic N) is 3. The minimum Gasteiger partial charge on any atom is -0.496 e. The van der Waals surface area contributed by atoms with Gasteiger partial charge < -0.3 is 24.1 Å². The molecular weight excluding hydrogens is 400 g/mol. The maximum absolute atomic E-state index is 12.7. The fourth-order valence-electron chi connectivity index (χ4n) is 3.42. The van der Waals surface area contributed by atoms with Gasteiger partial charge in [0.2, 0.25) is 0 Å². The van der Waals surface area contributed by atoms with Crippen LogP contribution in [-0.2, 0) is 4.74 Å². The van der Waals surface area contributed by atoms with Crippen LogP contribution in [0.5, 0.6) is 5.75 Å². The van der Waals surface area contributed by atoms with Gasteiger partial charge in [-0.25, -0.2) is 14.6 Å². The summed E-state index contributed by atoms with van der Waals surface area (Å²) in [4.78, 5) is 34.1. The minimum absolute atomic E-state index is 0.0686. The molecule has 0 unspecified atom stereocenters. The second kappa shape index (κ2) is 8.68. The summed E-state index contributed by atoms with van der Waals surface area (Å²) >= 11 is 0. The first kappa shape index (κ1) is 22.2. The average molecular weight is 426 g/mol. The first-order valence-corrected chi connectivity index (χ1v) is 9.93. The van der Waals surface area contributed by atoms with Crippen LogP contribution in [0.4, 0.5) is 10.5 Å². The Morgan fingerprint density at radius 1 is 1.35 bits per heavy atom. The summed E-state index contributed by atoms with van der Waals surface area (Å²) in [6.07, 6.45) is 1.62. The van der Waals surface area contributed by atoms with Crippen LogP contribution in [0.1, 0.15) is 44.8 Å². The molecule has 31 heavy (non-hydrogen) atoms. The minimum atomic E-state index is -0.585. The molecule has 1 aliphatic heterocycles. The van der Waals surface area contributed by atoms with Crippen LogP contribution in [0.2, 0.25) is 0 Å². The summed E-state index contributed by atoms with van der Waals surface area (Å²) in [5.41, 5.74) is 0.367. The lowest BCUT2D eigenvalue weighted by Crippen LogP contribution is -2.41. The Bertz CT molecular complexity index is 1020. The van der Waals surface area contributed by atoms with Crippen molar-refractivity contribution >= 4 is 17.7 Å². The second-order valence-corrected chi connectivity index (χ2v) is 8.41. The number of hydrogen-bond acceptors (Lipinski definition) is 6. The van der Waals surface area contributed by atoms with Crippen LogP contribution >= 0.6 is 0 Å². The number of carbonyl (C=O) groups is 2. The number of nitrogens with one attached hydrogen (secondary N) is 1. The number of ether oxygens (including phenoxy) is 2. The number of carbonyl (C=O) groups excluding carboxylic acids is 2. The molecule has 0 bridgehead atoms. The molecular formula is C22H26N4O5. The topological polar surface area (TPSA) is 98.3 Å². The van der Waals surface area contributed by atoms with Crippen molar-refractivity contribution in [1.82, 2.24) is 15.2 Å². The zero-order valence-electron chi connectivity index (χ0n) is 18.3. The molecule has 2 heterocycles. The maximum Gasteiger partial charge on any atom is 0.410 e. The highest BCUT2D eigenvalue weighted by atomic mass is 16.6. The molecule has 2 atom stereocenters. The van der Waals surface area contributed by atoms with Gasteiger partial charge in [-0.05, 0) is 46.2 Å². The molecule has 0 spiro atoms. The molecule has 0 radical (unpaired) electrons. The van der Waals surface area contributed by atoms with Crippen LogP contribution in [-0.4, -0.2) is 53.2 Å². The van der Waals surface area contributed by atoms with E-state index in [-0.39, 0.29) is 18.0 Å². The Balaban J connectivity index is 1.69. The SMILES string of the molecule is [C-]#[N+]c1ccc(OC)c(-c2cnc(C(=O)N[C@@H]3C[C@@H](C)N(C(=O)OC(C)(C)C)C3)o2)c1. The van der Waals surface area contributed by atoms with E-state index in [1.165, 1.54) is 13.3 Å². The highest BCUT2D eigenvalue weighted by Crippen LogP contribution is 2.34. The average Bonchev–Trinajstić information content (AvgIpc) is 3.33. The van der Waals surface area contributed by atoms with Gasteiger partial charge in [-0.15, -0.1) is 0 Å². The molecule has 0 aliphatic carbocycles. The van der Waals surface area contributed by atoms with Gasteiger partial charge in [0.15, 0.2) is 11.4 Å². The van der Waals surface area contributed by atoms with Gasteiger partial charge in [-0.2, -0.15) is 0 Å². The standard InChI is InChI=1S/C22H26N4O5/c1-13-9-15(12-26(13)21(28)31-22(2,3)4)25-19(27)20-24-11-18(30-20)16-10-14(23-5)7-8-17(16)29-6/h7-8,10-11,13,15H,9,12H2,1-4,6H3,(H,25,27)/t13-,15-/m1/s1. The number of oxazole rings is 1. The van der Waals surface area contributed by atoms with Crippen molar-refractivity contribution in [2.45, 2.75) is 51.8 Å². The highest BCUT2D eigenvalue weighted by Gasteiger charge is 2.36. The number of likely N-dealkylation sites (tertiary alicyclic amines) is 1. The number of aromatic nitrogens is 1. The Labute approximate surface area is 181 Å². The molecule has 2 amide bonds. The number of benzene rings is 1. The van der Waals surface area contributed by atoms with E-state index >= 15 is 0 Å². The van der Waals surface area contributed by atoms with E-state index in [9.17, 15) is 9.59 Å². The predicted octanol–water partition coefficient (Wildman–Crippen LogP) is 4.03. The van der Waals surface area contributed by atoms with Gasteiger partial charge >= 0.3 is 12.0 Å². The molecule has 1 saturated heterocycles. The van der Waals surface area contributed by atoms with E-state index < -0.39 is 17.6 Å². The van der Waals surface area contributed by atoms with Crippen molar-refractivity contribution in [2.24, 2.45) is 0 Å². The van der Waals surface area contributed by atoms with Gasteiger partial charge in [0.1, 0.15) is 11.4 Å². The largest absolute Gasteiger partial charge is 0.496 e. The van der Waals surface area contributed by atoms with Crippen LogP contribution in [0.25, 0.3) is 16.2 Å². The lowest BCUT2D eigenvalue weighted by atomic mass is 10.1. The molecule has 0 saturated carbocycles. The van der Waals surface area contributed by atoms with Crippen molar-refractivity contribution in [3.05, 3.63) is 41.7 Å². The summed E-state index contributed by atoms with van der Waals surface area (Å²) in [6, 6.07) is 4.60. The molecule has 1 aromatic carbocycles. The van der Waals surface area contributed by atoms with Crippen molar-refractivity contribution < 1.29 is 23.5 Å². The monoisotopic (exact) mass is 426 g/mol. The van der Waals surface area contributed by atoms with Crippen LogP contribution in [0, 0.1) is 6.57 Å². The van der Waals surface area contributed by atoms with E-state index in [0.29, 0.717) is 35.7 Å². The Morgan fingerprint density at radius 3 is 2.74 bits per heavy atom. The Hall–Kier alpha value is -3.54. The zero-order chi connectivity index (χ0) is 22.8. The highest BCUT2D eigenvalue weighted by molar-refractivity contribution is 5.90. The molecule has 1 aliphatic rings. The molecule has 1 fully saturated rings. The first-order valence-electron chi connectivity index (χ1n) is 9.93. The quantitative estimate of drug-likeness (QED) is 0.742. The van der Waals surface area contributed by atoms with Gasteiger partial charge in [-0.1, -0.05) is 6.07 Å². The van der Waals surface area contributed by atoms with Gasteiger partial charge in [0, 0.05) is 18.6 Å². The van der Waals surface area contributed by atoms with Gasteiger partial charge in [0.05, 0.1) is 25.4 Å². The van der Waals surface area contributed by atoms with Crippen LogP contribution < -0.4 is 10.1 Å². The normalized spacial score (nSPS) is 18.4. The third kappa shape index (κ3) is 5.15. The lowest BCUT2D eigenvalue weighted by Gasteiger charge is -2.26. The maximum atomic E-state index is 12.7. The van der Waals surface area contributed by atoms with Crippen LogP contribution in [0.3, 0.4) is 0 Å². The summed E-state index contributed by atoms with van der Waals surface area (Å²) < 4.78 is 16.4. The predicted molar refractivity (Wildman–Crippen MR) is 113 cm³/mol. The third-order valence-corrected chi connectivity index (χ3v) is 4.82. The first-order chi connectivity index (χ1) is 14.6. The number of methoxy groups -OCH3 is 1. The summed E-state index contributed by atoms with van der Waals surface area (Å²) in [7, 11) is 1.51. The Kier molecular flexibility index (Phi) is 6.20.